The summed E-state index contributed by atoms with van der Waals surface area (Å²) in [4.78, 5) is 20.0. The summed E-state index contributed by atoms with van der Waals surface area (Å²) in [5.74, 6) is 0.283. The average Bonchev–Trinajstić information content (AvgIpc) is 3.42. The Morgan fingerprint density at radius 1 is 0.935 bits per heavy atom. The highest BCUT2D eigenvalue weighted by molar-refractivity contribution is 5.85. The molecule has 1 amide bonds. The van der Waals surface area contributed by atoms with Crippen molar-refractivity contribution in [3.05, 3.63) is 72.1 Å². The SMILES string of the molecule is Cn1cccc1C1CCCN1CC(=O)N1CCN(Cc2cccc3ccccc23)CC1. The number of carbonyl (C=O) groups excluding carboxylic acids is 1. The van der Waals surface area contributed by atoms with E-state index in [0.717, 1.165) is 45.7 Å². The van der Waals surface area contributed by atoms with Crippen molar-refractivity contribution >= 4 is 16.7 Å². The molecular weight excluding hydrogens is 384 g/mol. The van der Waals surface area contributed by atoms with Gasteiger partial charge >= 0.3 is 0 Å². The van der Waals surface area contributed by atoms with Crippen LogP contribution in [-0.4, -0.2) is 64.4 Å². The van der Waals surface area contributed by atoms with Crippen LogP contribution in [0.2, 0.25) is 0 Å². The molecule has 0 saturated carbocycles. The van der Waals surface area contributed by atoms with Crippen molar-refractivity contribution in [3.63, 3.8) is 0 Å². The maximum atomic E-state index is 13.1. The number of benzene rings is 2. The molecule has 2 aromatic carbocycles. The smallest absolute Gasteiger partial charge is 0.236 e. The van der Waals surface area contributed by atoms with E-state index in [1.54, 1.807) is 0 Å². The third kappa shape index (κ3) is 4.25. The Labute approximate surface area is 184 Å². The van der Waals surface area contributed by atoms with Gasteiger partial charge < -0.3 is 9.47 Å². The van der Waals surface area contributed by atoms with Crippen LogP contribution in [0.25, 0.3) is 10.8 Å². The van der Waals surface area contributed by atoms with Crippen LogP contribution in [0.1, 0.15) is 30.1 Å². The highest BCUT2D eigenvalue weighted by atomic mass is 16.2. The first-order valence-corrected chi connectivity index (χ1v) is 11.5. The van der Waals surface area contributed by atoms with E-state index in [2.05, 4.69) is 87.1 Å². The monoisotopic (exact) mass is 416 g/mol. The van der Waals surface area contributed by atoms with Gasteiger partial charge in [-0.25, -0.2) is 0 Å². The molecule has 5 heteroatoms. The van der Waals surface area contributed by atoms with Gasteiger partial charge in [0.05, 0.1) is 12.6 Å². The van der Waals surface area contributed by atoms with Gasteiger partial charge in [0.25, 0.3) is 0 Å². The van der Waals surface area contributed by atoms with E-state index in [-0.39, 0.29) is 5.91 Å². The lowest BCUT2D eigenvalue weighted by Gasteiger charge is -2.36. The van der Waals surface area contributed by atoms with Crippen LogP contribution in [0, 0.1) is 0 Å². The maximum Gasteiger partial charge on any atom is 0.236 e. The fourth-order valence-electron chi connectivity index (χ4n) is 5.27. The molecule has 0 bridgehead atoms. The van der Waals surface area contributed by atoms with Crippen LogP contribution in [0.15, 0.2) is 60.8 Å². The number of aromatic nitrogens is 1. The van der Waals surface area contributed by atoms with E-state index in [9.17, 15) is 4.79 Å². The molecule has 1 unspecified atom stereocenters. The Kier molecular flexibility index (Phi) is 5.79. The topological polar surface area (TPSA) is 31.7 Å². The number of aryl methyl sites for hydroxylation is 1. The van der Waals surface area contributed by atoms with Crippen LogP contribution in [0.5, 0.6) is 0 Å². The first-order valence-electron chi connectivity index (χ1n) is 11.5. The molecule has 2 fully saturated rings. The fraction of sp³-hybridized carbons (Fsp3) is 0.423. The minimum absolute atomic E-state index is 0.283. The lowest BCUT2D eigenvalue weighted by molar-refractivity contribution is -0.134. The molecule has 2 saturated heterocycles. The number of piperazine rings is 1. The molecule has 1 aromatic heterocycles. The molecular formula is C26H32N4O. The number of rotatable bonds is 5. The Hall–Kier alpha value is -2.63. The first-order chi connectivity index (χ1) is 15.2. The van der Waals surface area contributed by atoms with Crippen LogP contribution in [-0.2, 0) is 18.4 Å². The van der Waals surface area contributed by atoms with Crippen molar-refractivity contribution < 1.29 is 4.79 Å². The third-order valence-electron chi connectivity index (χ3n) is 7.03. The van der Waals surface area contributed by atoms with Crippen molar-refractivity contribution in [2.45, 2.75) is 25.4 Å². The summed E-state index contributed by atoms with van der Waals surface area (Å²) >= 11 is 0. The number of hydrogen-bond donors (Lipinski definition) is 0. The Balaban J connectivity index is 1.17. The molecule has 3 aromatic rings. The maximum absolute atomic E-state index is 13.1. The summed E-state index contributed by atoms with van der Waals surface area (Å²) < 4.78 is 2.19. The largest absolute Gasteiger partial charge is 0.353 e. The lowest BCUT2D eigenvalue weighted by Crippen LogP contribution is -2.50. The third-order valence-corrected chi connectivity index (χ3v) is 7.03. The number of nitrogens with zero attached hydrogens (tertiary/aromatic N) is 4. The van der Waals surface area contributed by atoms with Gasteiger partial charge in [0.2, 0.25) is 5.91 Å². The molecule has 0 aliphatic carbocycles. The molecule has 1 atom stereocenters. The first kappa shape index (κ1) is 20.3. The predicted octanol–water partition coefficient (Wildman–Crippen LogP) is 3.66. The van der Waals surface area contributed by atoms with Crippen molar-refractivity contribution in [2.24, 2.45) is 7.05 Å². The summed E-state index contributed by atoms with van der Waals surface area (Å²) in [6.45, 7) is 6.04. The molecule has 5 nitrogen and oxygen atoms in total. The highest BCUT2D eigenvalue weighted by Gasteiger charge is 2.31. The van der Waals surface area contributed by atoms with Crippen molar-refractivity contribution in [2.75, 3.05) is 39.3 Å². The standard InChI is InChI=1S/C26H32N4O/c1-27-13-5-11-24(27)25-12-6-14-30(25)20-26(31)29-17-15-28(16-18-29)19-22-9-4-8-21-7-2-3-10-23(21)22/h2-5,7-11,13,25H,6,12,14-20H2,1H3. The van der Waals surface area contributed by atoms with Gasteiger partial charge in [-0.15, -0.1) is 0 Å². The number of carbonyl (C=O) groups is 1. The minimum atomic E-state index is 0.283. The van der Waals surface area contributed by atoms with E-state index in [1.165, 1.54) is 28.5 Å². The number of hydrogen-bond acceptors (Lipinski definition) is 3. The van der Waals surface area contributed by atoms with Gasteiger partial charge in [0.15, 0.2) is 0 Å². The molecule has 0 N–H and O–H groups in total. The van der Waals surface area contributed by atoms with Crippen LogP contribution in [0.4, 0.5) is 0 Å². The molecule has 0 spiro atoms. The second-order valence-corrected chi connectivity index (χ2v) is 8.97. The molecule has 162 valence electrons. The zero-order valence-corrected chi connectivity index (χ0v) is 18.4. The Morgan fingerprint density at radius 3 is 2.55 bits per heavy atom. The molecule has 0 radical (unpaired) electrons. The average molecular weight is 417 g/mol. The van der Waals surface area contributed by atoms with E-state index in [4.69, 9.17) is 0 Å². The van der Waals surface area contributed by atoms with Gasteiger partial charge in [-0.2, -0.15) is 0 Å². The Bertz CT molecular complexity index is 1050. The zero-order valence-electron chi connectivity index (χ0n) is 18.4. The molecule has 2 aliphatic rings. The molecule has 31 heavy (non-hydrogen) atoms. The lowest BCUT2D eigenvalue weighted by atomic mass is 10.0. The summed E-state index contributed by atoms with van der Waals surface area (Å²) in [6.07, 6.45) is 4.41. The Morgan fingerprint density at radius 2 is 1.74 bits per heavy atom. The molecule has 3 heterocycles. The normalized spacial score (nSPS) is 20.5. The molecule has 2 aliphatic heterocycles. The summed E-state index contributed by atoms with van der Waals surface area (Å²) in [6, 6.07) is 19.8. The van der Waals surface area contributed by atoms with Crippen LogP contribution < -0.4 is 0 Å². The van der Waals surface area contributed by atoms with Crippen molar-refractivity contribution in [1.29, 1.82) is 0 Å². The van der Waals surface area contributed by atoms with Gasteiger partial charge in [0.1, 0.15) is 0 Å². The molecule has 5 rings (SSSR count). The second kappa shape index (κ2) is 8.85. The van der Waals surface area contributed by atoms with Crippen molar-refractivity contribution in [3.8, 4) is 0 Å². The van der Waals surface area contributed by atoms with Gasteiger partial charge in [-0.3, -0.25) is 14.6 Å². The highest BCUT2D eigenvalue weighted by Crippen LogP contribution is 2.31. The van der Waals surface area contributed by atoms with E-state index in [0.29, 0.717) is 12.6 Å². The second-order valence-electron chi connectivity index (χ2n) is 8.97. The fourth-order valence-corrected chi connectivity index (χ4v) is 5.27. The van der Waals surface area contributed by atoms with Crippen LogP contribution >= 0.6 is 0 Å². The number of fused-ring (bicyclic) bond motifs is 1. The van der Waals surface area contributed by atoms with Gasteiger partial charge in [-0.1, -0.05) is 42.5 Å². The van der Waals surface area contributed by atoms with Crippen LogP contribution in [0.3, 0.4) is 0 Å². The van der Waals surface area contributed by atoms with E-state index >= 15 is 0 Å². The zero-order chi connectivity index (χ0) is 21.2. The van der Waals surface area contributed by atoms with Crippen molar-refractivity contribution in [1.82, 2.24) is 19.3 Å². The predicted molar refractivity (Wildman–Crippen MR) is 125 cm³/mol. The van der Waals surface area contributed by atoms with E-state index < -0.39 is 0 Å². The van der Waals surface area contributed by atoms with Gasteiger partial charge in [0, 0.05) is 51.7 Å². The summed E-state index contributed by atoms with van der Waals surface area (Å²) in [5, 5.41) is 2.64. The summed E-state index contributed by atoms with van der Waals surface area (Å²) in [7, 11) is 2.10. The van der Waals surface area contributed by atoms with E-state index in [1.807, 2.05) is 0 Å². The number of amides is 1. The minimum Gasteiger partial charge on any atom is -0.353 e. The van der Waals surface area contributed by atoms with Gasteiger partial charge in [-0.05, 0) is 47.9 Å². The quantitative estimate of drug-likeness (QED) is 0.636. The number of likely N-dealkylation sites (tertiary alicyclic amines) is 1. The summed E-state index contributed by atoms with van der Waals surface area (Å²) in [5.41, 5.74) is 2.70.